The van der Waals surface area contributed by atoms with Gasteiger partial charge in [0.05, 0.1) is 5.69 Å². The summed E-state index contributed by atoms with van der Waals surface area (Å²) in [6.07, 6.45) is 0. The molecule has 4 nitrogen and oxygen atoms in total. The van der Waals surface area contributed by atoms with Gasteiger partial charge >= 0.3 is 0 Å². The van der Waals surface area contributed by atoms with E-state index in [-0.39, 0.29) is 17.2 Å². The Bertz CT molecular complexity index is 839. The van der Waals surface area contributed by atoms with Crippen LogP contribution in [0.1, 0.15) is 16.1 Å². The first kappa shape index (κ1) is 13.5. The first-order chi connectivity index (χ1) is 10.1. The summed E-state index contributed by atoms with van der Waals surface area (Å²) < 4.78 is 5.58. The van der Waals surface area contributed by atoms with Gasteiger partial charge in [-0.2, -0.15) is 0 Å². The van der Waals surface area contributed by atoms with E-state index in [1.807, 2.05) is 25.1 Å². The number of phenolic OH excluding ortho intramolecular Hbond substituents is 1. The maximum absolute atomic E-state index is 12.3. The van der Waals surface area contributed by atoms with Gasteiger partial charge in [0.25, 0.3) is 5.91 Å². The Kier molecular flexibility index (Phi) is 3.31. The lowest BCUT2D eigenvalue weighted by Gasteiger charge is -2.06. The van der Waals surface area contributed by atoms with E-state index in [0.29, 0.717) is 10.6 Å². The Balaban J connectivity index is 1.97. The van der Waals surface area contributed by atoms with Crippen LogP contribution in [0, 0.1) is 6.92 Å². The lowest BCUT2D eigenvalue weighted by atomic mass is 10.1. The molecule has 21 heavy (non-hydrogen) atoms. The number of nitrogens with one attached hydrogen (secondary N) is 1. The summed E-state index contributed by atoms with van der Waals surface area (Å²) in [5.74, 6) is -0.265. The van der Waals surface area contributed by atoms with Crippen molar-refractivity contribution < 1.29 is 14.3 Å². The highest BCUT2D eigenvalue weighted by Gasteiger charge is 2.18. The molecule has 106 valence electrons. The van der Waals surface area contributed by atoms with E-state index < -0.39 is 5.91 Å². The standard InChI is InChI=1S/C16H12ClNO3/c1-9-11-4-2-3-5-14(11)21-15(9)16(20)18-12-8-10(17)6-7-13(12)19/h2-8,19H,1H3,(H,18,20). The van der Waals surface area contributed by atoms with Crippen molar-refractivity contribution in [2.24, 2.45) is 0 Å². The number of carbonyl (C=O) groups excluding carboxylic acids is 1. The number of hydrogen-bond donors (Lipinski definition) is 2. The molecule has 2 N–H and O–H groups in total. The molecule has 1 amide bonds. The molecular formula is C16H12ClNO3. The molecule has 0 saturated carbocycles. The van der Waals surface area contributed by atoms with Crippen LogP contribution in [0.4, 0.5) is 5.69 Å². The van der Waals surface area contributed by atoms with Crippen LogP contribution in [-0.2, 0) is 0 Å². The number of aromatic hydroxyl groups is 1. The Morgan fingerprint density at radius 3 is 2.76 bits per heavy atom. The molecule has 3 rings (SSSR count). The van der Waals surface area contributed by atoms with E-state index in [9.17, 15) is 9.90 Å². The normalized spacial score (nSPS) is 10.8. The fourth-order valence-corrected chi connectivity index (χ4v) is 2.35. The summed E-state index contributed by atoms with van der Waals surface area (Å²) in [6, 6.07) is 11.9. The summed E-state index contributed by atoms with van der Waals surface area (Å²) >= 11 is 5.86. The number of rotatable bonds is 2. The molecule has 0 aliphatic carbocycles. The maximum Gasteiger partial charge on any atom is 0.291 e. The minimum atomic E-state index is -0.429. The van der Waals surface area contributed by atoms with Crippen LogP contribution in [0.15, 0.2) is 46.9 Å². The van der Waals surface area contributed by atoms with Crippen LogP contribution in [0.3, 0.4) is 0 Å². The third-order valence-electron chi connectivity index (χ3n) is 3.26. The summed E-state index contributed by atoms with van der Waals surface area (Å²) in [5, 5.41) is 13.6. The van der Waals surface area contributed by atoms with E-state index in [1.54, 1.807) is 12.1 Å². The van der Waals surface area contributed by atoms with Gasteiger partial charge in [0.2, 0.25) is 0 Å². The third-order valence-corrected chi connectivity index (χ3v) is 3.49. The number of aryl methyl sites for hydroxylation is 1. The summed E-state index contributed by atoms with van der Waals surface area (Å²) in [6.45, 7) is 1.82. The van der Waals surface area contributed by atoms with Crippen molar-refractivity contribution in [2.75, 3.05) is 5.32 Å². The monoisotopic (exact) mass is 301 g/mol. The van der Waals surface area contributed by atoms with E-state index in [2.05, 4.69) is 5.32 Å². The first-order valence-corrected chi connectivity index (χ1v) is 6.72. The number of hydrogen-bond acceptors (Lipinski definition) is 3. The number of anilines is 1. The van der Waals surface area contributed by atoms with E-state index in [4.69, 9.17) is 16.0 Å². The summed E-state index contributed by atoms with van der Waals surface area (Å²) in [7, 11) is 0. The van der Waals surface area contributed by atoms with Crippen molar-refractivity contribution in [1.29, 1.82) is 0 Å². The third kappa shape index (κ3) is 2.45. The van der Waals surface area contributed by atoms with Gasteiger partial charge in [0.1, 0.15) is 11.3 Å². The van der Waals surface area contributed by atoms with Crippen LogP contribution >= 0.6 is 11.6 Å². The van der Waals surface area contributed by atoms with Crippen LogP contribution in [0.25, 0.3) is 11.0 Å². The van der Waals surface area contributed by atoms with Crippen LogP contribution in [0.5, 0.6) is 5.75 Å². The fraction of sp³-hybridized carbons (Fsp3) is 0.0625. The van der Waals surface area contributed by atoms with Gasteiger partial charge in [-0.15, -0.1) is 0 Å². The fourth-order valence-electron chi connectivity index (χ4n) is 2.18. The molecule has 0 radical (unpaired) electrons. The van der Waals surface area contributed by atoms with Gasteiger partial charge in [-0.05, 0) is 31.2 Å². The number of amides is 1. The topological polar surface area (TPSA) is 62.5 Å². The molecule has 0 aliphatic heterocycles. The van der Waals surface area contributed by atoms with Gasteiger partial charge in [0.15, 0.2) is 5.76 Å². The maximum atomic E-state index is 12.3. The Labute approximate surface area is 126 Å². The average Bonchev–Trinajstić information content (AvgIpc) is 2.81. The quantitative estimate of drug-likeness (QED) is 0.692. The predicted octanol–water partition coefficient (Wildman–Crippen LogP) is 4.35. The average molecular weight is 302 g/mol. The predicted molar refractivity (Wildman–Crippen MR) is 82.0 cm³/mol. The van der Waals surface area contributed by atoms with E-state index in [1.165, 1.54) is 12.1 Å². The lowest BCUT2D eigenvalue weighted by Crippen LogP contribution is -2.12. The van der Waals surface area contributed by atoms with Crippen molar-refractivity contribution in [3.8, 4) is 5.75 Å². The Morgan fingerprint density at radius 1 is 1.24 bits per heavy atom. The second kappa shape index (κ2) is 5.14. The van der Waals surface area contributed by atoms with Gasteiger partial charge in [0, 0.05) is 16.0 Å². The molecule has 3 aromatic rings. The number of fused-ring (bicyclic) bond motifs is 1. The second-order valence-corrected chi connectivity index (χ2v) is 5.10. The van der Waals surface area contributed by atoms with E-state index in [0.717, 1.165) is 10.9 Å². The lowest BCUT2D eigenvalue weighted by molar-refractivity contribution is 0.0997. The second-order valence-electron chi connectivity index (χ2n) is 4.67. The molecule has 0 atom stereocenters. The Hall–Kier alpha value is -2.46. The van der Waals surface area contributed by atoms with Crippen LogP contribution in [0.2, 0.25) is 5.02 Å². The zero-order valence-electron chi connectivity index (χ0n) is 11.2. The first-order valence-electron chi connectivity index (χ1n) is 6.34. The number of para-hydroxylation sites is 1. The van der Waals surface area contributed by atoms with Gasteiger partial charge in [-0.3, -0.25) is 4.79 Å². The number of phenols is 1. The number of halogens is 1. The molecular weight excluding hydrogens is 290 g/mol. The Morgan fingerprint density at radius 2 is 2.00 bits per heavy atom. The highest BCUT2D eigenvalue weighted by atomic mass is 35.5. The molecule has 2 aromatic carbocycles. The van der Waals surface area contributed by atoms with Crippen molar-refractivity contribution in [1.82, 2.24) is 0 Å². The molecule has 1 aromatic heterocycles. The highest BCUT2D eigenvalue weighted by molar-refractivity contribution is 6.31. The van der Waals surface area contributed by atoms with Gasteiger partial charge in [-0.25, -0.2) is 0 Å². The highest BCUT2D eigenvalue weighted by Crippen LogP contribution is 2.29. The molecule has 5 heteroatoms. The minimum Gasteiger partial charge on any atom is -0.506 e. The SMILES string of the molecule is Cc1c(C(=O)Nc2cc(Cl)ccc2O)oc2ccccc12. The number of carbonyl (C=O) groups is 1. The van der Waals surface area contributed by atoms with Crippen molar-refractivity contribution in [3.63, 3.8) is 0 Å². The van der Waals surface area contributed by atoms with Gasteiger partial charge in [-0.1, -0.05) is 29.8 Å². The number of benzene rings is 2. The van der Waals surface area contributed by atoms with Gasteiger partial charge < -0.3 is 14.8 Å². The van der Waals surface area contributed by atoms with Crippen LogP contribution in [-0.4, -0.2) is 11.0 Å². The zero-order valence-corrected chi connectivity index (χ0v) is 11.9. The summed E-state index contributed by atoms with van der Waals surface area (Å²) in [4.78, 5) is 12.3. The minimum absolute atomic E-state index is 0.0542. The van der Waals surface area contributed by atoms with Crippen LogP contribution < -0.4 is 5.32 Å². The van der Waals surface area contributed by atoms with Crippen molar-refractivity contribution >= 4 is 34.2 Å². The van der Waals surface area contributed by atoms with Crippen molar-refractivity contribution in [3.05, 3.63) is 58.8 Å². The van der Waals surface area contributed by atoms with Crippen molar-refractivity contribution in [2.45, 2.75) is 6.92 Å². The number of furan rings is 1. The molecule has 0 bridgehead atoms. The smallest absolute Gasteiger partial charge is 0.291 e. The molecule has 1 heterocycles. The summed E-state index contributed by atoms with van der Waals surface area (Å²) in [5.41, 5.74) is 1.65. The molecule has 0 saturated heterocycles. The molecule has 0 fully saturated rings. The zero-order chi connectivity index (χ0) is 15.0. The molecule has 0 spiro atoms. The molecule has 0 aliphatic rings. The molecule has 0 unspecified atom stereocenters. The van der Waals surface area contributed by atoms with E-state index >= 15 is 0 Å². The largest absolute Gasteiger partial charge is 0.506 e.